The smallest absolute Gasteiger partial charge is 0.123 e. The molecule has 0 aliphatic carbocycles. The molecule has 2 rings (SSSR count). The lowest BCUT2D eigenvalue weighted by molar-refractivity contribution is 0.583. The van der Waals surface area contributed by atoms with Gasteiger partial charge < -0.3 is 5.32 Å². The highest BCUT2D eigenvalue weighted by atomic mass is 35.5. The van der Waals surface area contributed by atoms with Crippen LogP contribution in [0, 0.1) is 12.7 Å². The Morgan fingerprint density at radius 2 is 1.76 bits per heavy atom. The minimum atomic E-state index is -0.243. The first kappa shape index (κ1) is 16.3. The van der Waals surface area contributed by atoms with Crippen LogP contribution in [0.3, 0.4) is 0 Å². The molecule has 0 saturated carbocycles. The molecule has 0 aliphatic heterocycles. The van der Waals surface area contributed by atoms with Crippen molar-refractivity contribution in [2.75, 3.05) is 6.54 Å². The summed E-state index contributed by atoms with van der Waals surface area (Å²) in [5, 5.41) is 4.60. The van der Waals surface area contributed by atoms with Crippen molar-refractivity contribution in [2.24, 2.45) is 0 Å². The molecule has 1 N–H and O–H groups in total. The van der Waals surface area contributed by atoms with Gasteiger partial charge in [-0.2, -0.15) is 0 Å². The summed E-state index contributed by atoms with van der Waals surface area (Å²) in [6, 6.07) is 10.1. The van der Waals surface area contributed by atoms with Crippen molar-refractivity contribution < 1.29 is 4.39 Å². The standard InChI is InChI=1S/C17H18Cl2FN/c1-3-6-21-17(12-7-13(18)9-14(19)8-12)16-10-15(20)5-4-11(16)2/h4-5,7-10,17,21H,3,6H2,1-2H3. The molecule has 0 radical (unpaired) electrons. The summed E-state index contributed by atoms with van der Waals surface area (Å²) >= 11 is 12.2. The maximum Gasteiger partial charge on any atom is 0.123 e. The minimum Gasteiger partial charge on any atom is -0.306 e. The molecule has 0 amide bonds. The van der Waals surface area contributed by atoms with Crippen LogP contribution in [0.25, 0.3) is 0 Å². The van der Waals surface area contributed by atoms with Gasteiger partial charge in [0, 0.05) is 10.0 Å². The first-order chi connectivity index (χ1) is 10.0. The quantitative estimate of drug-likeness (QED) is 0.762. The van der Waals surface area contributed by atoms with Crippen molar-refractivity contribution in [3.8, 4) is 0 Å². The molecule has 0 fully saturated rings. The Labute approximate surface area is 135 Å². The summed E-state index contributed by atoms with van der Waals surface area (Å²) < 4.78 is 13.6. The van der Waals surface area contributed by atoms with Crippen molar-refractivity contribution in [1.82, 2.24) is 5.32 Å². The van der Waals surface area contributed by atoms with Crippen LogP contribution >= 0.6 is 23.2 Å². The van der Waals surface area contributed by atoms with Gasteiger partial charge in [0.05, 0.1) is 6.04 Å². The Morgan fingerprint density at radius 3 is 2.38 bits per heavy atom. The van der Waals surface area contributed by atoms with E-state index in [2.05, 4.69) is 12.2 Å². The highest BCUT2D eigenvalue weighted by molar-refractivity contribution is 6.34. The monoisotopic (exact) mass is 325 g/mol. The molecule has 112 valence electrons. The fraction of sp³-hybridized carbons (Fsp3) is 0.294. The number of aryl methyl sites for hydroxylation is 1. The lowest BCUT2D eigenvalue weighted by Crippen LogP contribution is -2.24. The van der Waals surface area contributed by atoms with Gasteiger partial charge in [-0.25, -0.2) is 4.39 Å². The maximum absolute atomic E-state index is 13.6. The van der Waals surface area contributed by atoms with Crippen LogP contribution in [-0.4, -0.2) is 6.54 Å². The molecule has 0 bridgehead atoms. The Morgan fingerprint density at radius 1 is 1.10 bits per heavy atom. The molecular weight excluding hydrogens is 308 g/mol. The fourth-order valence-electron chi connectivity index (χ4n) is 2.36. The summed E-state index contributed by atoms with van der Waals surface area (Å²) in [6.45, 7) is 4.89. The molecular formula is C17H18Cl2FN. The van der Waals surface area contributed by atoms with E-state index >= 15 is 0 Å². The summed E-state index contributed by atoms with van der Waals surface area (Å²) in [7, 11) is 0. The van der Waals surface area contributed by atoms with Crippen molar-refractivity contribution in [1.29, 1.82) is 0 Å². The van der Waals surface area contributed by atoms with Gasteiger partial charge in [0.1, 0.15) is 5.82 Å². The molecule has 0 aromatic heterocycles. The van der Waals surface area contributed by atoms with E-state index in [4.69, 9.17) is 23.2 Å². The number of rotatable bonds is 5. The fourth-order valence-corrected chi connectivity index (χ4v) is 2.90. The normalized spacial score (nSPS) is 12.4. The topological polar surface area (TPSA) is 12.0 Å². The van der Waals surface area contributed by atoms with Crippen molar-refractivity contribution in [2.45, 2.75) is 26.3 Å². The maximum atomic E-state index is 13.6. The van der Waals surface area contributed by atoms with E-state index in [0.717, 1.165) is 29.7 Å². The molecule has 21 heavy (non-hydrogen) atoms. The third-order valence-electron chi connectivity index (χ3n) is 3.37. The lowest BCUT2D eigenvalue weighted by Gasteiger charge is -2.22. The number of nitrogens with one attached hydrogen (secondary N) is 1. The lowest BCUT2D eigenvalue weighted by atomic mass is 9.94. The number of hydrogen-bond acceptors (Lipinski definition) is 1. The van der Waals surface area contributed by atoms with Gasteiger partial charge in [-0.05, 0) is 66.9 Å². The van der Waals surface area contributed by atoms with Crippen molar-refractivity contribution in [3.05, 3.63) is 69.0 Å². The van der Waals surface area contributed by atoms with Gasteiger partial charge in [0.25, 0.3) is 0 Å². The Bertz CT molecular complexity index is 608. The minimum absolute atomic E-state index is 0.128. The number of halogens is 3. The van der Waals surface area contributed by atoms with Crippen LogP contribution in [0.2, 0.25) is 10.0 Å². The highest BCUT2D eigenvalue weighted by Gasteiger charge is 2.17. The van der Waals surface area contributed by atoms with Gasteiger partial charge in [0.15, 0.2) is 0 Å². The SMILES string of the molecule is CCCNC(c1cc(Cl)cc(Cl)c1)c1cc(F)ccc1C. The van der Waals surface area contributed by atoms with Gasteiger partial charge in [-0.15, -0.1) is 0 Å². The summed E-state index contributed by atoms with van der Waals surface area (Å²) in [4.78, 5) is 0. The van der Waals surface area contributed by atoms with E-state index in [1.54, 1.807) is 18.2 Å². The van der Waals surface area contributed by atoms with E-state index in [9.17, 15) is 4.39 Å². The van der Waals surface area contributed by atoms with E-state index in [1.165, 1.54) is 6.07 Å². The van der Waals surface area contributed by atoms with Gasteiger partial charge in [0.2, 0.25) is 0 Å². The Balaban J connectivity index is 2.49. The Hall–Kier alpha value is -1.09. The number of hydrogen-bond donors (Lipinski definition) is 1. The Kier molecular flexibility index (Phi) is 5.63. The van der Waals surface area contributed by atoms with Gasteiger partial charge in [-0.1, -0.05) is 36.2 Å². The second kappa shape index (κ2) is 7.26. The average molecular weight is 326 g/mol. The molecule has 0 heterocycles. The van der Waals surface area contributed by atoms with Crippen LogP contribution in [-0.2, 0) is 0 Å². The van der Waals surface area contributed by atoms with Crippen molar-refractivity contribution >= 4 is 23.2 Å². The van der Waals surface area contributed by atoms with E-state index in [1.807, 2.05) is 19.1 Å². The first-order valence-corrected chi connectivity index (χ1v) is 7.72. The molecule has 4 heteroatoms. The van der Waals surface area contributed by atoms with E-state index in [0.29, 0.717) is 10.0 Å². The van der Waals surface area contributed by atoms with Crippen LogP contribution in [0.5, 0.6) is 0 Å². The zero-order valence-corrected chi connectivity index (χ0v) is 13.6. The zero-order valence-electron chi connectivity index (χ0n) is 12.1. The van der Waals surface area contributed by atoms with Crippen LogP contribution < -0.4 is 5.32 Å². The number of benzene rings is 2. The largest absolute Gasteiger partial charge is 0.306 e. The molecule has 1 nitrogen and oxygen atoms in total. The predicted molar refractivity (Wildman–Crippen MR) is 87.7 cm³/mol. The third-order valence-corrected chi connectivity index (χ3v) is 3.81. The molecule has 2 aromatic carbocycles. The summed E-state index contributed by atoms with van der Waals surface area (Å²) in [5.74, 6) is -0.243. The molecule has 0 aliphatic rings. The molecule has 0 spiro atoms. The van der Waals surface area contributed by atoms with E-state index < -0.39 is 0 Å². The van der Waals surface area contributed by atoms with Gasteiger partial charge in [-0.3, -0.25) is 0 Å². The second-order valence-corrected chi connectivity index (χ2v) is 5.96. The van der Waals surface area contributed by atoms with Crippen molar-refractivity contribution in [3.63, 3.8) is 0 Å². The molecule has 0 saturated heterocycles. The average Bonchev–Trinajstić information content (AvgIpc) is 2.42. The first-order valence-electron chi connectivity index (χ1n) is 6.96. The van der Waals surface area contributed by atoms with Crippen LogP contribution in [0.1, 0.15) is 36.1 Å². The summed E-state index contributed by atoms with van der Waals surface area (Å²) in [6.07, 6.45) is 0.985. The second-order valence-electron chi connectivity index (χ2n) is 5.09. The highest BCUT2D eigenvalue weighted by Crippen LogP contribution is 2.30. The van der Waals surface area contributed by atoms with Crippen LogP contribution in [0.15, 0.2) is 36.4 Å². The summed E-state index contributed by atoms with van der Waals surface area (Å²) in [5.41, 5.74) is 2.87. The van der Waals surface area contributed by atoms with Gasteiger partial charge >= 0.3 is 0 Å². The molecule has 2 aromatic rings. The van der Waals surface area contributed by atoms with E-state index in [-0.39, 0.29) is 11.9 Å². The molecule has 1 unspecified atom stereocenters. The third kappa shape index (κ3) is 4.19. The van der Waals surface area contributed by atoms with Crippen LogP contribution in [0.4, 0.5) is 4.39 Å². The molecule has 1 atom stereocenters. The predicted octanol–water partition coefficient (Wildman–Crippen LogP) is 5.53. The zero-order chi connectivity index (χ0) is 15.4.